The largest absolute Gasteiger partial charge is 0.481 e. The first-order valence-corrected chi connectivity index (χ1v) is 30.4. The average Bonchev–Trinajstić information content (AvgIpc) is 3.86. The Bertz CT molecular complexity index is 2750. The number of nitrogens with zero attached hydrogens (tertiary/aromatic N) is 2. The van der Waals surface area contributed by atoms with Gasteiger partial charge in [-0.15, -0.1) is 0 Å². The lowest BCUT2D eigenvalue weighted by Gasteiger charge is -2.40. The van der Waals surface area contributed by atoms with Crippen LogP contribution < -0.4 is 31.6 Å². The Hall–Kier alpha value is -5.76. The first-order valence-electron chi connectivity index (χ1n) is 28.0. The summed E-state index contributed by atoms with van der Waals surface area (Å²) in [5.41, 5.74) is 1.63. The lowest BCUT2D eigenvalue weighted by atomic mass is 9.77. The molecule has 0 bridgehead atoms. The van der Waals surface area contributed by atoms with Crippen molar-refractivity contribution in [3.05, 3.63) is 149 Å². The Labute approximate surface area is 451 Å². The average molecular weight is 1050 g/mol. The quantitative estimate of drug-likeness (QED) is 0.0329. The SMILES string of the molecule is CCCCCCCCCCCCCC(=O)Nc1ccc(-c2cc(=O)oc3cc(O[C@H](C)C(=O)N4CCC5(CCN(C(=O)CCCCC[P+](c6ccccc6)(c6ccccc6)c6ccccc6)C5)CC4)ccc23)c(Cl)c1. The Morgan fingerprint density at radius 2 is 1.19 bits per heavy atom. The molecule has 0 aliphatic carbocycles. The second-order valence-electron chi connectivity index (χ2n) is 21.2. The van der Waals surface area contributed by atoms with E-state index in [0.717, 1.165) is 77.0 Å². The third-order valence-electron chi connectivity index (χ3n) is 15.8. The maximum atomic E-state index is 13.8. The molecule has 75 heavy (non-hydrogen) atoms. The van der Waals surface area contributed by atoms with Crippen LogP contribution in [0.5, 0.6) is 5.75 Å². The topological polar surface area (TPSA) is 109 Å². The fourth-order valence-electron chi connectivity index (χ4n) is 11.5. The van der Waals surface area contributed by atoms with Crippen LogP contribution in [-0.4, -0.2) is 66.0 Å². The highest BCUT2D eigenvalue weighted by Crippen LogP contribution is 2.56. The lowest BCUT2D eigenvalue weighted by Crippen LogP contribution is -2.48. The van der Waals surface area contributed by atoms with Crippen LogP contribution in [0.15, 0.2) is 143 Å². The molecule has 8 rings (SSSR count). The summed E-state index contributed by atoms with van der Waals surface area (Å²) in [5, 5.41) is 8.22. The second kappa shape index (κ2) is 27.3. The van der Waals surface area contributed by atoms with Crippen LogP contribution in [0, 0.1) is 5.41 Å². The van der Waals surface area contributed by atoms with Gasteiger partial charge >= 0.3 is 5.63 Å². The van der Waals surface area contributed by atoms with Crippen LogP contribution in [0.25, 0.3) is 22.1 Å². The van der Waals surface area contributed by atoms with Crippen molar-refractivity contribution in [3.63, 3.8) is 0 Å². The van der Waals surface area contributed by atoms with Gasteiger partial charge in [-0.1, -0.05) is 143 Å². The second-order valence-corrected chi connectivity index (χ2v) is 25.2. The molecule has 2 aliphatic rings. The number of benzene rings is 5. The lowest BCUT2D eigenvalue weighted by molar-refractivity contribution is -0.140. The molecule has 9 nitrogen and oxygen atoms in total. The van der Waals surface area contributed by atoms with Gasteiger partial charge in [0.2, 0.25) is 11.8 Å². The summed E-state index contributed by atoms with van der Waals surface area (Å²) < 4.78 is 11.8. The smallest absolute Gasteiger partial charge is 0.336 e. The number of hydrogen-bond donors (Lipinski definition) is 1. The summed E-state index contributed by atoms with van der Waals surface area (Å²) >= 11 is 6.81. The van der Waals surface area contributed by atoms with Crippen molar-refractivity contribution in [3.8, 4) is 16.9 Å². The molecule has 3 amide bonds. The van der Waals surface area contributed by atoms with E-state index >= 15 is 0 Å². The number of carbonyl (C=O) groups is 3. The molecule has 0 unspecified atom stereocenters. The van der Waals surface area contributed by atoms with Crippen molar-refractivity contribution >= 4 is 69.2 Å². The van der Waals surface area contributed by atoms with E-state index < -0.39 is 19.0 Å². The van der Waals surface area contributed by atoms with E-state index in [0.29, 0.717) is 64.5 Å². The molecule has 1 N–H and O–H groups in total. The van der Waals surface area contributed by atoms with E-state index in [4.69, 9.17) is 20.8 Å². The van der Waals surface area contributed by atoms with Gasteiger partial charge in [0.25, 0.3) is 5.91 Å². The van der Waals surface area contributed by atoms with E-state index in [-0.39, 0.29) is 23.1 Å². The zero-order chi connectivity index (χ0) is 52.5. The Morgan fingerprint density at radius 1 is 0.640 bits per heavy atom. The van der Waals surface area contributed by atoms with E-state index in [1.165, 1.54) is 73.3 Å². The van der Waals surface area contributed by atoms with Crippen LogP contribution in [0.4, 0.5) is 5.69 Å². The van der Waals surface area contributed by atoms with Gasteiger partial charge in [-0.2, -0.15) is 0 Å². The number of nitrogens with one attached hydrogen (secondary N) is 1. The molecule has 1 aromatic heterocycles. The Morgan fingerprint density at radius 3 is 1.77 bits per heavy atom. The highest BCUT2D eigenvalue weighted by atomic mass is 35.5. The van der Waals surface area contributed by atoms with Gasteiger partial charge in [0.05, 0.1) is 11.2 Å². The number of halogens is 1. The third kappa shape index (κ3) is 14.6. The number of likely N-dealkylation sites (tertiary alicyclic amines) is 2. The van der Waals surface area contributed by atoms with Crippen LogP contribution >= 0.6 is 18.9 Å². The first-order chi connectivity index (χ1) is 36.6. The minimum Gasteiger partial charge on any atom is -0.481 e. The molecule has 2 saturated heterocycles. The number of hydrogen-bond acceptors (Lipinski definition) is 6. The van der Waals surface area contributed by atoms with Crippen LogP contribution in [0.1, 0.15) is 136 Å². The highest BCUT2D eigenvalue weighted by molar-refractivity contribution is 7.95. The van der Waals surface area contributed by atoms with E-state index in [9.17, 15) is 19.2 Å². The molecule has 0 radical (unpaired) electrons. The molecule has 2 aliphatic heterocycles. The summed E-state index contributed by atoms with van der Waals surface area (Å²) in [6, 6.07) is 45.0. The maximum absolute atomic E-state index is 13.8. The van der Waals surface area contributed by atoms with Crippen LogP contribution in [0.3, 0.4) is 0 Å². The molecular weight excluding hydrogens is 973 g/mol. The summed E-state index contributed by atoms with van der Waals surface area (Å²) in [7, 11) is -1.89. The monoisotopic (exact) mass is 1050 g/mol. The van der Waals surface area contributed by atoms with Gasteiger partial charge in [-0.25, -0.2) is 4.79 Å². The fourth-order valence-corrected chi connectivity index (χ4v) is 16.2. The predicted octanol–water partition coefficient (Wildman–Crippen LogP) is 13.9. The van der Waals surface area contributed by atoms with Crippen molar-refractivity contribution in [2.24, 2.45) is 5.41 Å². The van der Waals surface area contributed by atoms with Crippen molar-refractivity contribution in [1.82, 2.24) is 9.80 Å². The van der Waals surface area contributed by atoms with Gasteiger partial charge in [0.15, 0.2) is 6.10 Å². The predicted molar refractivity (Wildman–Crippen MR) is 311 cm³/mol. The molecule has 6 aromatic rings. The van der Waals surface area contributed by atoms with E-state index in [1.807, 2.05) is 17.0 Å². The number of fused-ring (bicyclic) bond motifs is 1. The number of carbonyl (C=O) groups excluding carboxylic acids is 3. The summed E-state index contributed by atoms with van der Waals surface area (Å²) in [6.07, 6.45) is 20.4. The van der Waals surface area contributed by atoms with E-state index in [1.54, 1.807) is 31.2 Å². The minimum absolute atomic E-state index is 0.0262. The standard InChI is InChI=1S/C64H77ClN3O6P/c1-3-4-5-6-7-8-9-10-11-12-23-32-60(69)66-50-34-36-55(58(65)45-50)57-47-62(71)74-59-46-51(35-37-56(57)59)73-49(2)63(72)67-41-38-64(39-42-67)40-43-68(48-64)61(70)33-24-16-25-44-75(52-26-17-13-18-27-52,53-28-19-14-20-29-53)54-30-21-15-22-31-54/h13-15,17-22,26-31,34-37,45-47,49H,3-12,16,23-25,32-33,38-44,48H2,1-2H3/p+1/t49-/m1/s1. The zero-order valence-corrected chi connectivity index (χ0v) is 46.1. The van der Waals surface area contributed by atoms with Gasteiger partial charge < -0.3 is 24.3 Å². The molecule has 1 atom stereocenters. The van der Waals surface area contributed by atoms with Crippen molar-refractivity contribution in [1.29, 1.82) is 0 Å². The zero-order valence-electron chi connectivity index (χ0n) is 44.4. The Kier molecular flexibility index (Phi) is 20.2. The van der Waals surface area contributed by atoms with E-state index in [2.05, 4.69) is 108 Å². The molecular formula is C64H78ClN3O6P+. The number of unbranched alkanes of at least 4 members (excludes halogenated alkanes) is 12. The molecule has 5 aromatic carbocycles. The van der Waals surface area contributed by atoms with Gasteiger partial charge in [-0.3, -0.25) is 14.4 Å². The van der Waals surface area contributed by atoms with Gasteiger partial charge in [0.1, 0.15) is 34.5 Å². The van der Waals surface area contributed by atoms with Crippen molar-refractivity contribution in [2.45, 2.75) is 142 Å². The number of piperidine rings is 1. The number of amides is 3. The fraction of sp³-hybridized carbons (Fsp3) is 0.438. The summed E-state index contributed by atoms with van der Waals surface area (Å²) in [4.78, 5) is 57.1. The summed E-state index contributed by atoms with van der Waals surface area (Å²) in [5.74, 6) is 0.519. The van der Waals surface area contributed by atoms with Crippen LogP contribution in [0.2, 0.25) is 5.02 Å². The third-order valence-corrected chi connectivity index (χ3v) is 20.7. The minimum atomic E-state index is -1.89. The summed E-state index contributed by atoms with van der Waals surface area (Å²) in [6.45, 7) is 6.75. The van der Waals surface area contributed by atoms with Crippen LogP contribution in [-0.2, 0) is 14.4 Å². The first kappa shape index (κ1) is 55.5. The highest BCUT2D eigenvalue weighted by Gasteiger charge is 2.45. The molecule has 396 valence electrons. The number of ether oxygens (including phenoxy) is 1. The molecule has 3 heterocycles. The van der Waals surface area contributed by atoms with Crippen molar-refractivity contribution in [2.75, 3.05) is 37.7 Å². The van der Waals surface area contributed by atoms with Gasteiger partial charge in [0, 0.05) is 73.4 Å². The van der Waals surface area contributed by atoms with Gasteiger partial charge in [-0.05, 0) is 118 Å². The molecule has 2 fully saturated rings. The normalized spacial score (nSPS) is 14.8. The molecule has 11 heteroatoms. The van der Waals surface area contributed by atoms with Crippen molar-refractivity contribution < 1.29 is 23.5 Å². The molecule has 1 spiro atoms. The Balaban J connectivity index is 0.778. The maximum Gasteiger partial charge on any atom is 0.336 e. The number of anilines is 1. The number of rotatable bonds is 26. The molecule has 0 saturated carbocycles.